The number of hydrogen-bond donors (Lipinski definition) is 1. The Balaban J connectivity index is 3.36. The first kappa shape index (κ1) is 11.1. The number of nitro benzene ring substituents is 1. The summed E-state index contributed by atoms with van der Waals surface area (Å²) in [4.78, 5) is 10.0. The van der Waals surface area contributed by atoms with E-state index in [2.05, 4.69) is 0 Å². The van der Waals surface area contributed by atoms with Crippen LogP contribution < -0.4 is 0 Å². The summed E-state index contributed by atoms with van der Waals surface area (Å²) in [5.74, 6) is 0.537. The summed E-state index contributed by atoms with van der Waals surface area (Å²) in [6.07, 6.45) is 0. The summed E-state index contributed by atoms with van der Waals surface area (Å²) in [5.41, 5.74) is 0.186. The highest BCUT2D eigenvalue weighted by molar-refractivity contribution is 5.57. The molecule has 0 aliphatic carbocycles. The molecule has 5 heteroatoms. The Labute approximate surface area is 86.7 Å². The van der Waals surface area contributed by atoms with Gasteiger partial charge in [0.25, 0.3) is 5.69 Å². The second-order valence-electron chi connectivity index (χ2n) is 3.01. The molecule has 1 N–H and O–H groups in total. The monoisotopic (exact) mass is 205 g/mol. The second kappa shape index (κ2) is 4.53. The van der Waals surface area contributed by atoms with Gasteiger partial charge in [-0.05, 0) is 5.56 Å². The van der Waals surface area contributed by atoms with Crippen LogP contribution in [-0.2, 0) is 0 Å². The van der Waals surface area contributed by atoms with E-state index in [1.165, 1.54) is 12.1 Å². The molecule has 15 heavy (non-hydrogen) atoms. The average molecular weight is 205 g/mol. The fourth-order valence-electron chi connectivity index (χ4n) is 1.25. The van der Waals surface area contributed by atoms with E-state index in [1.807, 2.05) is 0 Å². The third-order valence-electron chi connectivity index (χ3n) is 2.05. The molecule has 0 fully saturated rings. The van der Waals surface area contributed by atoms with Crippen molar-refractivity contribution in [3.8, 4) is 6.07 Å². The Bertz CT molecular complexity index is 423. The number of nitro groups is 1. The fourth-order valence-corrected chi connectivity index (χ4v) is 1.25. The van der Waals surface area contributed by atoms with E-state index in [1.54, 1.807) is 19.1 Å². The standard InChI is InChI=1S/C10H9N2O3/c1-7(6-13)8-3-2-4-10(12(14)15)9(8)5-11/h2-4,13H,6H2,1H3. The Morgan fingerprint density at radius 3 is 2.80 bits per heavy atom. The van der Waals surface area contributed by atoms with Crippen LogP contribution in [0.15, 0.2) is 18.2 Å². The SMILES string of the molecule is C[C](CO)c1cccc([N+](=O)[O-])c1C#N. The summed E-state index contributed by atoms with van der Waals surface area (Å²) in [6, 6.07) is 6.13. The smallest absolute Gasteiger partial charge is 0.287 e. The topological polar surface area (TPSA) is 87.2 Å². The molecule has 0 spiro atoms. The van der Waals surface area contributed by atoms with E-state index in [0.29, 0.717) is 11.5 Å². The normalized spacial score (nSPS) is 10.0. The number of nitrogens with zero attached hydrogens (tertiary/aromatic N) is 2. The van der Waals surface area contributed by atoms with Gasteiger partial charge in [-0.1, -0.05) is 19.1 Å². The Kier molecular flexibility index (Phi) is 3.37. The number of nitriles is 1. The molecule has 77 valence electrons. The van der Waals surface area contributed by atoms with Crippen LogP contribution in [0.25, 0.3) is 0 Å². The van der Waals surface area contributed by atoms with E-state index in [-0.39, 0.29) is 17.9 Å². The van der Waals surface area contributed by atoms with Crippen LogP contribution in [-0.4, -0.2) is 16.6 Å². The molecule has 0 aliphatic rings. The molecule has 1 aromatic carbocycles. The number of hydrogen-bond acceptors (Lipinski definition) is 4. The summed E-state index contributed by atoms with van der Waals surface area (Å²) >= 11 is 0. The zero-order valence-electron chi connectivity index (χ0n) is 8.10. The van der Waals surface area contributed by atoms with Gasteiger partial charge in [0.05, 0.1) is 11.5 Å². The highest BCUT2D eigenvalue weighted by Crippen LogP contribution is 2.26. The molecule has 1 radical (unpaired) electrons. The third-order valence-corrected chi connectivity index (χ3v) is 2.05. The summed E-state index contributed by atoms with van der Waals surface area (Å²) in [5, 5.41) is 28.4. The van der Waals surface area contributed by atoms with Crippen molar-refractivity contribution in [2.24, 2.45) is 0 Å². The van der Waals surface area contributed by atoms with Crippen LogP contribution >= 0.6 is 0 Å². The minimum Gasteiger partial charge on any atom is -0.395 e. The van der Waals surface area contributed by atoms with Gasteiger partial charge in [0, 0.05) is 12.0 Å². The molecular weight excluding hydrogens is 196 g/mol. The molecule has 0 saturated heterocycles. The largest absolute Gasteiger partial charge is 0.395 e. The lowest BCUT2D eigenvalue weighted by atomic mass is 9.96. The fraction of sp³-hybridized carbons (Fsp3) is 0.200. The van der Waals surface area contributed by atoms with E-state index in [9.17, 15) is 10.1 Å². The minimum atomic E-state index is -0.604. The van der Waals surface area contributed by atoms with Crippen molar-refractivity contribution in [1.29, 1.82) is 5.26 Å². The molecule has 0 saturated carbocycles. The molecule has 0 aromatic heterocycles. The maximum absolute atomic E-state index is 10.6. The maximum Gasteiger partial charge on any atom is 0.287 e. The highest BCUT2D eigenvalue weighted by Gasteiger charge is 2.20. The lowest BCUT2D eigenvalue weighted by Gasteiger charge is -2.08. The molecule has 1 rings (SSSR count). The van der Waals surface area contributed by atoms with E-state index in [4.69, 9.17) is 10.4 Å². The maximum atomic E-state index is 10.6. The number of aliphatic hydroxyl groups excluding tert-OH is 1. The van der Waals surface area contributed by atoms with Crippen molar-refractivity contribution >= 4 is 5.69 Å². The lowest BCUT2D eigenvalue weighted by molar-refractivity contribution is -0.385. The van der Waals surface area contributed by atoms with E-state index in [0.717, 1.165) is 0 Å². The molecule has 0 heterocycles. The Morgan fingerprint density at radius 1 is 1.67 bits per heavy atom. The number of aliphatic hydroxyl groups is 1. The first-order valence-electron chi connectivity index (χ1n) is 4.23. The summed E-state index contributed by atoms with van der Waals surface area (Å²) < 4.78 is 0. The van der Waals surface area contributed by atoms with Gasteiger partial charge < -0.3 is 5.11 Å². The third kappa shape index (κ3) is 2.11. The van der Waals surface area contributed by atoms with Crippen molar-refractivity contribution in [3.05, 3.63) is 45.4 Å². The summed E-state index contributed by atoms with van der Waals surface area (Å²) in [7, 11) is 0. The zero-order valence-corrected chi connectivity index (χ0v) is 8.10. The van der Waals surface area contributed by atoms with Crippen LogP contribution in [0.3, 0.4) is 0 Å². The molecular formula is C10H9N2O3. The van der Waals surface area contributed by atoms with Gasteiger partial charge in [-0.3, -0.25) is 10.1 Å². The van der Waals surface area contributed by atoms with Crippen molar-refractivity contribution < 1.29 is 10.0 Å². The predicted octanol–water partition coefficient (Wildman–Crippen LogP) is 1.40. The van der Waals surface area contributed by atoms with Gasteiger partial charge >= 0.3 is 0 Å². The van der Waals surface area contributed by atoms with Gasteiger partial charge in [-0.2, -0.15) is 5.26 Å². The first-order valence-corrected chi connectivity index (χ1v) is 4.23. The minimum absolute atomic E-state index is 0.00551. The van der Waals surface area contributed by atoms with Crippen LogP contribution in [0.2, 0.25) is 0 Å². The molecule has 0 aliphatic heterocycles. The van der Waals surface area contributed by atoms with E-state index >= 15 is 0 Å². The van der Waals surface area contributed by atoms with Crippen molar-refractivity contribution in [3.63, 3.8) is 0 Å². The molecule has 0 amide bonds. The number of benzene rings is 1. The second-order valence-corrected chi connectivity index (χ2v) is 3.01. The Hall–Kier alpha value is -1.93. The highest BCUT2D eigenvalue weighted by atomic mass is 16.6. The van der Waals surface area contributed by atoms with Gasteiger partial charge in [-0.15, -0.1) is 0 Å². The van der Waals surface area contributed by atoms with Crippen LogP contribution in [0, 0.1) is 27.4 Å². The van der Waals surface area contributed by atoms with Gasteiger partial charge in [0.1, 0.15) is 11.6 Å². The van der Waals surface area contributed by atoms with Crippen molar-refractivity contribution in [1.82, 2.24) is 0 Å². The van der Waals surface area contributed by atoms with Crippen LogP contribution in [0.4, 0.5) is 5.69 Å². The van der Waals surface area contributed by atoms with Gasteiger partial charge in [-0.25, -0.2) is 0 Å². The quantitative estimate of drug-likeness (QED) is 0.596. The lowest BCUT2D eigenvalue weighted by Crippen LogP contribution is -2.05. The van der Waals surface area contributed by atoms with E-state index < -0.39 is 4.92 Å². The van der Waals surface area contributed by atoms with Crippen LogP contribution in [0.5, 0.6) is 0 Å². The van der Waals surface area contributed by atoms with Gasteiger partial charge in [0.15, 0.2) is 0 Å². The molecule has 0 unspecified atom stereocenters. The van der Waals surface area contributed by atoms with Crippen LogP contribution in [0.1, 0.15) is 18.1 Å². The predicted molar refractivity (Wildman–Crippen MR) is 52.9 cm³/mol. The average Bonchev–Trinajstić information content (AvgIpc) is 2.26. The van der Waals surface area contributed by atoms with Crippen molar-refractivity contribution in [2.75, 3.05) is 6.61 Å². The number of rotatable bonds is 3. The van der Waals surface area contributed by atoms with Gasteiger partial charge in [0.2, 0.25) is 0 Å². The van der Waals surface area contributed by atoms with Crippen molar-refractivity contribution in [2.45, 2.75) is 6.92 Å². The molecule has 5 nitrogen and oxygen atoms in total. The molecule has 1 aromatic rings. The summed E-state index contributed by atoms with van der Waals surface area (Å²) in [6.45, 7) is 1.40. The molecule has 0 atom stereocenters. The first-order chi connectivity index (χ1) is 7.11. The zero-order chi connectivity index (χ0) is 11.4. The molecule has 0 bridgehead atoms. The Morgan fingerprint density at radius 2 is 2.33 bits per heavy atom.